The maximum atomic E-state index is 11.2. The van der Waals surface area contributed by atoms with Crippen LogP contribution in [0.1, 0.15) is 35.9 Å². The van der Waals surface area contributed by atoms with Crippen LogP contribution in [-0.4, -0.2) is 45.2 Å². The molecule has 0 saturated heterocycles. The average Bonchev–Trinajstić information content (AvgIpc) is 3.26. The highest BCUT2D eigenvalue weighted by atomic mass is 16.4. The number of likely N-dealkylation sites (N-methyl/N-ethyl adjacent to an activating group) is 1. The van der Waals surface area contributed by atoms with Crippen molar-refractivity contribution in [2.24, 2.45) is 0 Å². The summed E-state index contributed by atoms with van der Waals surface area (Å²) in [5.74, 6) is 0.134. The smallest absolute Gasteiger partial charge is 0.335 e. The predicted molar refractivity (Wildman–Crippen MR) is 81.7 cm³/mol. The molecule has 1 aliphatic rings. The Kier molecular flexibility index (Phi) is 3.68. The second kappa shape index (κ2) is 5.48. The number of nitrogens with zero attached hydrogens (tertiary/aromatic N) is 3. The molecule has 0 unspecified atom stereocenters. The first-order valence-corrected chi connectivity index (χ1v) is 7.53. The molecule has 1 aromatic carbocycles. The highest BCUT2D eigenvalue weighted by Crippen LogP contribution is 2.25. The summed E-state index contributed by atoms with van der Waals surface area (Å²) in [5, 5.41) is 9.16. The molecule has 0 bridgehead atoms. The monoisotopic (exact) mass is 287 g/mol. The lowest BCUT2D eigenvalue weighted by Gasteiger charge is -2.17. The van der Waals surface area contributed by atoms with Gasteiger partial charge in [-0.25, -0.2) is 9.78 Å². The molecule has 112 valence electrons. The number of aromatic carboxylic acids is 1. The van der Waals surface area contributed by atoms with Crippen LogP contribution < -0.4 is 0 Å². The van der Waals surface area contributed by atoms with Gasteiger partial charge < -0.3 is 14.6 Å². The lowest BCUT2D eigenvalue weighted by molar-refractivity contribution is 0.0697. The second-order valence-corrected chi connectivity index (χ2v) is 5.75. The normalized spacial score (nSPS) is 15.0. The fourth-order valence-electron chi connectivity index (χ4n) is 2.78. The minimum Gasteiger partial charge on any atom is -0.478 e. The van der Waals surface area contributed by atoms with Crippen LogP contribution >= 0.6 is 0 Å². The van der Waals surface area contributed by atoms with Gasteiger partial charge in [-0.2, -0.15) is 0 Å². The molecule has 1 heterocycles. The highest BCUT2D eigenvalue weighted by molar-refractivity contribution is 5.92. The molecule has 1 N–H and O–H groups in total. The first-order chi connectivity index (χ1) is 10.1. The third kappa shape index (κ3) is 2.78. The van der Waals surface area contributed by atoms with Crippen molar-refractivity contribution in [1.29, 1.82) is 0 Å². The molecule has 5 nitrogen and oxygen atoms in total. The summed E-state index contributed by atoms with van der Waals surface area (Å²) in [5.41, 5.74) is 2.13. The van der Waals surface area contributed by atoms with E-state index in [1.807, 2.05) is 0 Å². The van der Waals surface area contributed by atoms with E-state index >= 15 is 0 Å². The van der Waals surface area contributed by atoms with E-state index in [4.69, 9.17) is 5.11 Å². The van der Waals surface area contributed by atoms with Gasteiger partial charge in [-0.1, -0.05) is 6.92 Å². The maximum Gasteiger partial charge on any atom is 0.335 e. The largest absolute Gasteiger partial charge is 0.478 e. The zero-order chi connectivity index (χ0) is 15.0. The summed E-state index contributed by atoms with van der Waals surface area (Å²) in [7, 11) is 2.16. The Hall–Kier alpha value is -1.88. The molecule has 0 spiro atoms. The molecule has 21 heavy (non-hydrogen) atoms. The summed E-state index contributed by atoms with van der Waals surface area (Å²) >= 11 is 0. The van der Waals surface area contributed by atoms with Crippen molar-refractivity contribution >= 4 is 17.0 Å². The molecule has 1 aromatic heterocycles. The molecule has 1 saturated carbocycles. The number of hydrogen-bond donors (Lipinski definition) is 1. The Labute approximate surface area is 124 Å². The van der Waals surface area contributed by atoms with Gasteiger partial charge in [-0.3, -0.25) is 0 Å². The summed E-state index contributed by atoms with van der Waals surface area (Å²) in [6.45, 7) is 3.91. The first-order valence-electron chi connectivity index (χ1n) is 7.53. The number of aromatic nitrogens is 2. The number of carbonyl (C=O) groups is 1. The number of aryl methyl sites for hydroxylation is 1. The molecule has 1 fully saturated rings. The van der Waals surface area contributed by atoms with Crippen molar-refractivity contribution < 1.29 is 9.90 Å². The van der Waals surface area contributed by atoms with E-state index in [-0.39, 0.29) is 0 Å². The van der Waals surface area contributed by atoms with Crippen molar-refractivity contribution in [2.75, 3.05) is 13.6 Å². The third-order valence-electron chi connectivity index (χ3n) is 4.24. The number of imidazole rings is 1. The molecule has 5 heteroatoms. The van der Waals surface area contributed by atoms with Crippen LogP contribution in [-0.2, 0) is 13.0 Å². The van der Waals surface area contributed by atoms with Crippen molar-refractivity contribution in [2.45, 2.75) is 38.8 Å². The summed E-state index contributed by atoms with van der Waals surface area (Å²) < 4.78 is 2.17. The summed E-state index contributed by atoms with van der Waals surface area (Å²) in [6, 6.07) is 5.90. The molecular formula is C16H21N3O2. The molecule has 0 atom stereocenters. The first kappa shape index (κ1) is 14.1. The maximum absolute atomic E-state index is 11.2. The van der Waals surface area contributed by atoms with Crippen LogP contribution in [0.4, 0.5) is 0 Å². The molecular weight excluding hydrogens is 266 g/mol. The molecule has 0 amide bonds. The fraction of sp³-hybridized carbons (Fsp3) is 0.500. The number of carboxylic acid groups (broad SMARTS) is 1. The molecule has 1 aliphatic carbocycles. The second-order valence-electron chi connectivity index (χ2n) is 5.75. The van der Waals surface area contributed by atoms with E-state index in [0.29, 0.717) is 5.56 Å². The van der Waals surface area contributed by atoms with Gasteiger partial charge in [-0.15, -0.1) is 0 Å². The van der Waals surface area contributed by atoms with Gasteiger partial charge in [0.15, 0.2) is 0 Å². The van der Waals surface area contributed by atoms with Gasteiger partial charge in [0.25, 0.3) is 0 Å². The minimum absolute atomic E-state index is 0.321. The Bertz CT molecular complexity index is 673. The fourth-order valence-corrected chi connectivity index (χ4v) is 2.78. The van der Waals surface area contributed by atoms with E-state index in [2.05, 4.69) is 28.4 Å². The van der Waals surface area contributed by atoms with Crippen LogP contribution in [0.25, 0.3) is 11.0 Å². The van der Waals surface area contributed by atoms with Crippen LogP contribution in [0.2, 0.25) is 0 Å². The van der Waals surface area contributed by atoms with Crippen molar-refractivity contribution in [3.05, 3.63) is 29.6 Å². The van der Waals surface area contributed by atoms with Gasteiger partial charge in [0.2, 0.25) is 0 Å². The third-order valence-corrected chi connectivity index (χ3v) is 4.24. The van der Waals surface area contributed by atoms with Gasteiger partial charge >= 0.3 is 5.97 Å². The van der Waals surface area contributed by atoms with E-state index in [1.165, 1.54) is 12.8 Å². The van der Waals surface area contributed by atoms with Crippen molar-refractivity contribution in [3.8, 4) is 0 Å². The SMILES string of the molecule is CCc1nc2ccc(C(=O)O)cc2n1CCN(C)C1CC1. The lowest BCUT2D eigenvalue weighted by atomic mass is 10.2. The molecule has 0 radical (unpaired) electrons. The van der Waals surface area contributed by atoms with Gasteiger partial charge in [0.05, 0.1) is 16.6 Å². The Morgan fingerprint density at radius 1 is 1.48 bits per heavy atom. The Balaban J connectivity index is 1.92. The number of rotatable bonds is 6. The molecule has 0 aliphatic heterocycles. The van der Waals surface area contributed by atoms with Gasteiger partial charge in [0, 0.05) is 25.6 Å². The van der Waals surface area contributed by atoms with E-state index < -0.39 is 5.97 Å². The van der Waals surface area contributed by atoms with Crippen molar-refractivity contribution in [3.63, 3.8) is 0 Å². The van der Waals surface area contributed by atoms with Crippen molar-refractivity contribution in [1.82, 2.24) is 14.5 Å². The van der Waals surface area contributed by atoms with E-state index in [0.717, 1.165) is 42.4 Å². The molecule has 3 rings (SSSR count). The number of benzene rings is 1. The van der Waals surface area contributed by atoms with Crippen LogP contribution in [0.3, 0.4) is 0 Å². The Morgan fingerprint density at radius 2 is 2.24 bits per heavy atom. The van der Waals surface area contributed by atoms with Crippen LogP contribution in [0.15, 0.2) is 18.2 Å². The van der Waals surface area contributed by atoms with Crippen LogP contribution in [0, 0.1) is 0 Å². The topological polar surface area (TPSA) is 58.4 Å². The summed E-state index contributed by atoms with van der Waals surface area (Å²) in [6.07, 6.45) is 3.44. The average molecular weight is 287 g/mol. The molecule has 2 aromatic rings. The lowest BCUT2D eigenvalue weighted by Crippen LogP contribution is -2.25. The quantitative estimate of drug-likeness (QED) is 0.886. The zero-order valence-electron chi connectivity index (χ0n) is 12.5. The predicted octanol–water partition coefficient (Wildman–Crippen LogP) is 2.39. The number of hydrogen-bond acceptors (Lipinski definition) is 3. The minimum atomic E-state index is -0.891. The van der Waals surface area contributed by atoms with Crippen LogP contribution in [0.5, 0.6) is 0 Å². The number of fused-ring (bicyclic) bond motifs is 1. The van der Waals surface area contributed by atoms with Gasteiger partial charge in [0.1, 0.15) is 5.82 Å². The Morgan fingerprint density at radius 3 is 2.86 bits per heavy atom. The number of carboxylic acids is 1. The van der Waals surface area contributed by atoms with Gasteiger partial charge in [-0.05, 0) is 38.1 Å². The standard InChI is InChI=1S/C16H21N3O2/c1-3-15-17-13-7-4-11(16(20)21)10-14(13)19(15)9-8-18(2)12-5-6-12/h4,7,10,12H,3,5-6,8-9H2,1-2H3,(H,20,21). The highest BCUT2D eigenvalue weighted by Gasteiger charge is 2.25. The van der Waals surface area contributed by atoms with E-state index in [1.54, 1.807) is 18.2 Å². The zero-order valence-corrected chi connectivity index (χ0v) is 12.5. The summed E-state index contributed by atoms with van der Waals surface area (Å²) in [4.78, 5) is 18.2. The van der Waals surface area contributed by atoms with E-state index in [9.17, 15) is 4.79 Å².